The van der Waals surface area contributed by atoms with Crippen molar-refractivity contribution in [3.8, 4) is 10.4 Å². The molecule has 0 bridgehead atoms. The summed E-state index contributed by atoms with van der Waals surface area (Å²) in [6.45, 7) is 4.10. The van der Waals surface area contributed by atoms with Crippen LogP contribution < -0.4 is 16.0 Å². The maximum absolute atomic E-state index is 13.8. The standard InChI is InChI=1S/C27H28ClF3N4O2S/c1-27(2,35-24(36)13-28)17-7-3-16(4-8-17)25-32-14-23(38-25)15-5-9-18(10-6-15)33-26(37)34-22-12-20(30)19(29)11-21(22)31/h5-6,9-12,14,16-17H,3-4,7-8,13H2,1-2H3,(H,35,36)(H2,33,34,37). The van der Waals surface area contributed by atoms with Crippen LogP contribution in [0.4, 0.5) is 29.3 Å². The summed E-state index contributed by atoms with van der Waals surface area (Å²) in [5.74, 6) is -3.12. The summed E-state index contributed by atoms with van der Waals surface area (Å²) in [7, 11) is 0. The van der Waals surface area contributed by atoms with Gasteiger partial charge in [-0.2, -0.15) is 0 Å². The second-order valence-corrected chi connectivity index (χ2v) is 11.2. The number of nitrogens with one attached hydrogen (secondary N) is 3. The van der Waals surface area contributed by atoms with Crippen molar-refractivity contribution >= 4 is 46.3 Å². The van der Waals surface area contributed by atoms with Gasteiger partial charge >= 0.3 is 6.03 Å². The van der Waals surface area contributed by atoms with Crippen LogP contribution in [0.25, 0.3) is 10.4 Å². The van der Waals surface area contributed by atoms with E-state index in [2.05, 4.69) is 20.9 Å². The van der Waals surface area contributed by atoms with Crippen LogP contribution >= 0.6 is 22.9 Å². The van der Waals surface area contributed by atoms with Crippen molar-refractivity contribution in [1.29, 1.82) is 0 Å². The molecule has 4 rings (SSSR count). The van der Waals surface area contributed by atoms with E-state index < -0.39 is 29.2 Å². The highest BCUT2D eigenvalue weighted by Crippen LogP contribution is 2.42. The molecule has 0 saturated heterocycles. The maximum atomic E-state index is 13.8. The molecule has 0 atom stereocenters. The third kappa shape index (κ3) is 6.66. The lowest BCUT2D eigenvalue weighted by Gasteiger charge is -2.39. The van der Waals surface area contributed by atoms with E-state index >= 15 is 0 Å². The molecule has 2 aromatic carbocycles. The molecule has 1 aliphatic rings. The zero-order chi connectivity index (χ0) is 27.4. The van der Waals surface area contributed by atoms with Gasteiger partial charge in [-0.1, -0.05) is 12.1 Å². The van der Waals surface area contributed by atoms with Crippen molar-refractivity contribution in [3.05, 3.63) is 65.1 Å². The molecule has 11 heteroatoms. The number of hydrogen-bond donors (Lipinski definition) is 3. The molecule has 1 saturated carbocycles. The number of nitrogens with zero attached hydrogens (tertiary/aromatic N) is 1. The van der Waals surface area contributed by atoms with Gasteiger partial charge in [0, 0.05) is 35.5 Å². The summed E-state index contributed by atoms with van der Waals surface area (Å²) in [5.41, 5.74) is 0.611. The Kier molecular flexibility index (Phi) is 8.62. The van der Waals surface area contributed by atoms with Gasteiger partial charge in [0.15, 0.2) is 11.6 Å². The normalized spacial score (nSPS) is 17.6. The van der Waals surface area contributed by atoms with E-state index in [0.717, 1.165) is 41.1 Å². The number of alkyl halides is 1. The first-order valence-electron chi connectivity index (χ1n) is 12.2. The minimum absolute atomic E-state index is 0.0396. The second kappa shape index (κ2) is 11.7. The van der Waals surface area contributed by atoms with Crippen LogP contribution in [-0.4, -0.2) is 28.3 Å². The van der Waals surface area contributed by atoms with Crippen LogP contribution in [0.2, 0.25) is 0 Å². The van der Waals surface area contributed by atoms with Crippen molar-refractivity contribution in [1.82, 2.24) is 10.3 Å². The lowest BCUT2D eigenvalue weighted by atomic mass is 9.73. The number of urea groups is 1. The molecular weight excluding hydrogens is 537 g/mol. The molecule has 3 amide bonds. The third-order valence-corrected chi connectivity index (χ3v) is 8.34. The van der Waals surface area contributed by atoms with Crippen LogP contribution in [-0.2, 0) is 4.79 Å². The van der Waals surface area contributed by atoms with E-state index in [1.54, 1.807) is 23.5 Å². The predicted octanol–water partition coefficient (Wildman–Crippen LogP) is 7.28. The summed E-state index contributed by atoms with van der Waals surface area (Å²) < 4.78 is 40.2. The average Bonchev–Trinajstić information content (AvgIpc) is 3.38. The van der Waals surface area contributed by atoms with Gasteiger partial charge in [0.2, 0.25) is 5.91 Å². The van der Waals surface area contributed by atoms with E-state index in [-0.39, 0.29) is 17.3 Å². The Labute approximate surface area is 228 Å². The number of carbonyl (C=O) groups excluding carboxylic acids is 2. The average molecular weight is 565 g/mol. The highest BCUT2D eigenvalue weighted by atomic mass is 35.5. The maximum Gasteiger partial charge on any atom is 0.323 e. The van der Waals surface area contributed by atoms with E-state index in [9.17, 15) is 22.8 Å². The van der Waals surface area contributed by atoms with Gasteiger partial charge in [-0.3, -0.25) is 4.79 Å². The van der Waals surface area contributed by atoms with Crippen LogP contribution in [0.5, 0.6) is 0 Å². The molecule has 0 radical (unpaired) electrons. The van der Waals surface area contributed by atoms with E-state index in [1.807, 2.05) is 32.2 Å². The van der Waals surface area contributed by atoms with E-state index in [1.165, 1.54) is 0 Å². The van der Waals surface area contributed by atoms with Crippen molar-refractivity contribution < 1.29 is 22.8 Å². The lowest BCUT2D eigenvalue weighted by Crippen LogP contribution is -2.50. The zero-order valence-corrected chi connectivity index (χ0v) is 22.5. The van der Waals surface area contributed by atoms with Crippen molar-refractivity contribution in [3.63, 3.8) is 0 Å². The quantitative estimate of drug-likeness (QED) is 0.208. The lowest BCUT2D eigenvalue weighted by molar-refractivity contribution is -0.121. The predicted molar refractivity (Wildman–Crippen MR) is 144 cm³/mol. The number of thiazole rings is 1. The van der Waals surface area contributed by atoms with Crippen molar-refractivity contribution in [2.45, 2.75) is 51.0 Å². The third-order valence-electron chi connectivity index (χ3n) is 6.89. The van der Waals surface area contributed by atoms with Gasteiger partial charge in [0.05, 0.1) is 15.6 Å². The molecule has 1 heterocycles. The van der Waals surface area contributed by atoms with Crippen LogP contribution in [0.15, 0.2) is 42.6 Å². The monoisotopic (exact) mass is 564 g/mol. The molecule has 1 aromatic heterocycles. The Morgan fingerprint density at radius 1 is 1.00 bits per heavy atom. The number of rotatable bonds is 7. The van der Waals surface area contributed by atoms with Crippen molar-refractivity contribution in [2.75, 3.05) is 16.5 Å². The van der Waals surface area contributed by atoms with Gasteiger partial charge < -0.3 is 16.0 Å². The Hall–Kier alpha value is -3.11. The Balaban J connectivity index is 1.33. The van der Waals surface area contributed by atoms with E-state index in [4.69, 9.17) is 11.6 Å². The molecule has 1 aliphatic carbocycles. The molecule has 6 nitrogen and oxygen atoms in total. The molecule has 3 aromatic rings. The summed E-state index contributed by atoms with van der Waals surface area (Å²) in [5, 5.41) is 8.82. The van der Waals surface area contributed by atoms with Gasteiger partial charge in [0.25, 0.3) is 0 Å². The highest BCUT2D eigenvalue weighted by molar-refractivity contribution is 7.15. The second-order valence-electron chi connectivity index (χ2n) is 9.92. The van der Waals surface area contributed by atoms with Crippen LogP contribution in [0.1, 0.15) is 50.5 Å². The molecular formula is C27H28ClF3N4O2S. The molecule has 202 valence electrons. The van der Waals surface area contributed by atoms with Gasteiger partial charge in [0.1, 0.15) is 11.7 Å². The first-order valence-corrected chi connectivity index (χ1v) is 13.6. The van der Waals surface area contributed by atoms with Crippen LogP contribution in [0.3, 0.4) is 0 Å². The minimum Gasteiger partial charge on any atom is -0.350 e. The highest BCUT2D eigenvalue weighted by Gasteiger charge is 2.35. The molecule has 1 fully saturated rings. The number of carbonyl (C=O) groups is 2. The molecule has 0 spiro atoms. The van der Waals surface area contributed by atoms with Gasteiger partial charge in [-0.05, 0) is 63.1 Å². The van der Waals surface area contributed by atoms with Gasteiger partial charge in [-0.15, -0.1) is 22.9 Å². The zero-order valence-electron chi connectivity index (χ0n) is 20.9. The fourth-order valence-electron chi connectivity index (χ4n) is 4.79. The fourth-order valence-corrected chi connectivity index (χ4v) is 5.95. The molecule has 0 unspecified atom stereocenters. The topological polar surface area (TPSA) is 83.1 Å². The molecule has 38 heavy (non-hydrogen) atoms. The number of hydrogen-bond acceptors (Lipinski definition) is 4. The number of aromatic nitrogens is 1. The summed E-state index contributed by atoms with van der Waals surface area (Å²) in [6.07, 6.45) is 5.82. The Morgan fingerprint density at radius 3 is 2.32 bits per heavy atom. The Bertz CT molecular complexity index is 1310. The smallest absolute Gasteiger partial charge is 0.323 e. The van der Waals surface area contributed by atoms with Crippen LogP contribution in [0, 0.1) is 23.4 Å². The number of halogens is 4. The molecule has 0 aliphatic heterocycles. The van der Waals surface area contributed by atoms with Crippen molar-refractivity contribution in [2.24, 2.45) is 5.92 Å². The largest absolute Gasteiger partial charge is 0.350 e. The minimum atomic E-state index is -1.33. The van der Waals surface area contributed by atoms with E-state index in [0.29, 0.717) is 29.7 Å². The first-order chi connectivity index (χ1) is 18.1. The summed E-state index contributed by atoms with van der Waals surface area (Å²) in [4.78, 5) is 29.6. The summed E-state index contributed by atoms with van der Waals surface area (Å²) in [6, 6.07) is 7.23. The van der Waals surface area contributed by atoms with Gasteiger partial charge in [-0.25, -0.2) is 22.9 Å². The summed E-state index contributed by atoms with van der Waals surface area (Å²) >= 11 is 7.29. The number of benzene rings is 2. The Morgan fingerprint density at radius 2 is 1.66 bits per heavy atom. The number of anilines is 2. The first kappa shape index (κ1) is 27.9. The number of amides is 3. The fraction of sp³-hybridized carbons (Fsp3) is 0.370. The SMILES string of the molecule is CC(C)(NC(=O)CCl)C1CCC(c2ncc(-c3ccc(NC(=O)Nc4cc(F)c(F)cc4F)cc3)s2)CC1. The molecule has 3 N–H and O–H groups in total.